The minimum atomic E-state index is -0.443. The number of non-ortho nitro benzene ring substituents is 1. The Bertz CT molecular complexity index is 899. The lowest BCUT2D eigenvalue weighted by Crippen LogP contribution is -2.38. The number of nitrogens with zero attached hydrogens (tertiary/aromatic N) is 3. The first-order valence-corrected chi connectivity index (χ1v) is 10.1. The van der Waals surface area contributed by atoms with Gasteiger partial charge in [-0.1, -0.05) is 12.1 Å². The number of amides is 1. The first-order chi connectivity index (χ1) is 14.0. The smallest absolute Gasteiger partial charge is 0.270 e. The number of rotatable bonds is 4. The van der Waals surface area contributed by atoms with E-state index in [1.807, 2.05) is 17.0 Å². The van der Waals surface area contributed by atoms with Crippen molar-refractivity contribution in [1.29, 1.82) is 0 Å². The Morgan fingerprint density at radius 1 is 1.00 bits per heavy atom. The van der Waals surface area contributed by atoms with Gasteiger partial charge in [0, 0.05) is 38.3 Å². The van der Waals surface area contributed by atoms with Crippen LogP contribution in [0.25, 0.3) is 0 Å². The van der Waals surface area contributed by atoms with Gasteiger partial charge in [-0.05, 0) is 55.4 Å². The van der Waals surface area contributed by atoms with Crippen molar-refractivity contribution in [3.63, 3.8) is 0 Å². The molecule has 2 aromatic rings. The molecule has 4 rings (SSSR count). The monoisotopic (exact) mass is 395 g/mol. The number of phenols is 1. The van der Waals surface area contributed by atoms with Crippen LogP contribution in [0.2, 0.25) is 0 Å². The van der Waals surface area contributed by atoms with Crippen LogP contribution in [0.3, 0.4) is 0 Å². The Hall–Kier alpha value is -3.09. The van der Waals surface area contributed by atoms with Crippen molar-refractivity contribution < 1.29 is 14.8 Å². The molecule has 2 aromatic carbocycles. The van der Waals surface area contributed by atoms with Crippen molar-refractivity contribution >= 4 is 17.3 Å². The van der Waals surface area contributed by atoms with E-state index in [1.54, 1.807) is 18.2 Å². The largest absolute Gasteiger partial charge is 0.508 e. The summed E-state index contributed by atoms with van der Waals surface area (Å²) >= 11 is 0. The first-order valence-electron chi connectivity index (χ1n) is 10.1. The molecule has 2 aliphatic heterocycles. The van der Waals surface area contributed by atoms with Gasteiger partial charge in [-0.15, -0.1) is 0 Å². The predicted molar refractivity (Wildman–Crippen MR) is 111 cm³/mol. The summed E-state index contributed by atoms with van der Waals surface area (Å²) in [5, 5.41) is 20.7. The number of phenolic OH excluding ortho intramolecular Hbond substituents is 1. The van der Waals surface area contributed by atoms with Gasteiger partial charge in [-0.3, -0.25) is 14.9 Å². The van der Waals surface area contributed by atoms with Crippen LogP contribution in [0.15, 0.2) is 42.5 Å². The van der Waals surface area contributed by atoms with Crippen molar-refractivity contribution in [2.45, 2.75) is 31.6 Å². The zero-order valence-electron chi connectivity index (χ0n) is 16.3. The molecule has 7 nitrogen and oxygen atoms in total. The van der Waals surface area contributed by atoms with E-state index in [1.165, 1.54) is 17.7 Å². The van der Waals surface area contributed by atoms with Gasteiger partial charge in [-0.25, -0.2) is 0 Å². The molecule has 1 amide bonds. The van der Waals surface area contributed by atoms with E-state index in [4.69, 9.17) is 0 Å². The molecule has 0 bridgehead atoms. The molecule has 7 heteroatoms. The quantitative estimate of drug-likeness (QED) is 0.626. The van der Waals surface area contributed by atoms with E-state index in [9.17, 15) is 20.0 Å². The third kappa shape index (κ3) is 4.04. The Labute approximate surface area is 169 Å². The number of carbonyl (C=O) groups is 1. The number of nitro groups is 1. The molecule has 2 aliphatic rings. The van der Waals surface area contributed by atoms with Crippen molar-refractivity contribution in [3.8, 4) is 5.75 Å². The van der Waals surface area contributed by atoms with Crippen LogP contribution in [-0.4, -0.2) is 47.0 Å². The van der Waals surface area contributed by atoms with E-state index >= 15 is 0 Å². The number of hydrogen-bond donors (Lipinski definition) is 1. The van der Waals surface area contributed by atoms with Crippen LogP contribution in [0, 0.1) is 10.1 Å². The molecule has 0 aliphatic carbocycles. The summed E-state index contributed by atoms with van der Waals surface area (Å²) in [6, 6.07) is 11.9. The number of hydrogen-bond acceptors (Lipinski definition) is 5. The van der Waals surface area contributed by atoms with Crippen molar-refractivity contribution in [2.24, 2.45) is 0 Å². The molecule has 0 unspecified atom stereocenters. The van der Waals surface area contributed by atoms with E-state index < -0.39 is 4.92 Å². The topological polar surface area (TPSA) is 86.9 Å². The highest BCUT2D eigenvalue weighted by Crippen LogP contribution is 2.33. The van der Waals surface area contributed by atoms with Crippen molar-refractivity contribution in [3.05, 3.63) is 63.7 Å². The summed E-state index contributed by atoms with van der Waals surface area (Å²) in [5.41, 5.74) is 2.36. The van der Waals surface area contributed by atoms with E-state index in [0.29, 0.717) is 24.6 Å². The molecule has 0 aromatic heterocycles. The number of likely N-dealkylation sites (tertiary alicyclic amines) is 1. The highest BCUT2D eigenvalue weighted by Gasteiger charge is 2.29. The van der Waals surface area contributed by atoms with Gasteiger partial charge in [0.2, 0.25) is 0 Å². The fourth-order valence-corrected chi connectivity index (χ4v) is 4.38. The molecule has 0 spiro atoms. The summed E-state index contributed by atoms with van der Waals surface area (Å²) in [6.45, 7) is 2.99. The summed E-state index contributed by atoms with van der Waals surface area (Å²) in [5.74, 6) is 0.476. The maximum Gasteiger partial charge on any atom is 0.270 e. The normalized spacial score (nSPS) is 17.5. The maximum absolute atomic E-state index is 13.3. The van der Waals surface area contributed by atoms with Gasteiger partial charge in [-0.2, -0.15) is 0 Å². The SMILES string of the molecule is O=C(c1cc([N+](=O)[O-])ccc1N1CCCC1)N1CCC(c2ccc(O)cc2)CC1. The van der Waals surface area contributed by atoms with E-state index in [2.05, 4.69) is 4.90 Å². The van der Waals surface area contributed by atoms with Crippen molar-refractivity contribution in [1.82, 2.24) is 4.90 Å². The molecule has 0 radical (unpaired) electrons. The predicted octanol–water partition coefficient (Wildman–Crippen LogP) is 3.92. The van der Waals surface area contributed by atoms with Crippen LogP contribution >= 0.6 is 0 Å². The molecular formula is C22H25N3O4. The van der Waals surface area contributed by atoms with Crippen LogP contribution in [0.5, 0.6) is 5.75 Å². The fraction of sp³-hybridized carbons (Fsp3) is 0.409. The maximum atomic E-state index is 13.3. The molecule has 2 fully saturated rings. The minimum absolute atomic E-state index is 0.0460. The Kier molecular flexibility index (Phi) is 5.38. The van der Waals surface area contributed by atoms with Gasteiger partial charge in [0.1, 0.15) is 5.75 Å². The van der Waals surface area contributed by atoms with Crippen LogP contribution < -0.4 is 4.90 Å². The lowest BCUT2D eigenvalue weighted by molar-refractivity contribution is -0.384. The molecular weight excluding hydrogens is 370 g/mol. The minimum Gasteiger partial charge on any atom is -0.508 e. The fourth-order valence-electron chi connectivity index (χ4n) is 4.38. The van der Waals surface area contributed by atoms with E-state index in [0.717, 1.165) is 44.5 Å². The standard InChI is InChI=1S/C22H25N3O4/c26-19-6-3-16(4-7-19)17-9-13-24(14-10-17)22(27)20-15-18(25(28)29)5-8-21(20)23-11-1-2-12-23/h3-8,15,17,26H,1-2,9-14H2. The number of carbonyl (C=O) groups excluding carboxylic acids is 1. The second kappa shape index (κ2) is 8.11. The number of aromatic hydroxyl groups is 1. The van der Waals surface area contributed by atoms with Crippen molar-refractivity contribution in [2.75, 3.05) is 31.1 Å². The van der Waals surface area contributed by atoms with Gasteiger partial charge >= 0.3 is 0 Å². The van der Waals surface area contributed by atoms with Crippen LogP contribution in [0.4, 0.5) is 11.4 Å². The van der Waals surface area contributed by atoms with Gasteiger partial charge in [0.25, 0.3) is 11.6 Å². The van der Waals surface area contributed by atoms with Gasteiger partial charge in [0.15, 0.2) is 0 Å². The third-order valence-corrected chi connectivity index (χ3v) is 6.01. The summed E-state index contributed by atoms with van der Waals surface area (Å²) in [6.07, 6.45) is 3.82. The molecule has 152 valence electrons. The molecule has 2 saturated heterocycles. The van der Waals surface area contributed by atoms with Gasteiger partial charge in [0.05, 0.1) is 16.2 Å². The number of anilines is 1. The molecule has 0 atom stereocenters. The zero-order chi connectivity index (χ0) is 20.4. The lowest BCUT2D eigenvalue weighted by atomic mass is 9.89. The van der Waals surface area contributed by atoms with Crippen LogP contribution in [0.1, 0.15) is 47.5 Å². The molecule has 1 N–H and O–H groups in total. The summed E-state index contributed by atoms with van der Waals surface area (Å²) < 4.78 is 0. The number of nitro benzene ring substituents is 1. The summed E-state index contributed by atoms with van der Waals surface area (Å²) in [4.78, 5) is 28.1. The first kappa shape index (κ1) is 19.2. The molecule has 2 heterocycles. The highest BCUT2D eigenvalue weighted by molar-refractivity contribution is 6.00. The Balaban J connectivity index is 1.52. The van der Waals surface area contributed by atoms with E-state index in [-0.39, 0.29) is 17.3 Å². The second-order valence-electron chi connectivity index (χ2n) is 7.81. The Morgan fingerprint density at radius 2 is 1.66 bits per heavy atom. The average molecular weight is 395 g/mol. The second-order valence-corrected chi connectivity index (χ2v) is 7.81. The molecule has 29 heavy (non-hydrogen) atoms. The number of piperidine rings is 1. The molecule has 0 saturated carbocycles. The van der Waals surface area contributed by atoms with Crippen LogP contribution in [-0.2, 0) is 0 Å². The lowest BCUT2D eigenvalue weighted by Gasteiger charge is -2.33. The number of benzene rings is 2. The Morgan fingerprint density at radius 3 is 2.28 bits per heavy atom. The average Bonchev–Trinajstić information content (AvgIpc) is 3.28. The highest BCUT2D eigenvalue weighted by atomic mass is 16.6. The zero-order valence-corrected chi connectivity index (χ0v) is 16.3. The third-order valence-electron chi connectivity index (χ3n) is 6.01. The summed E-state index contributed by atoms with van der Waals surface area (Å²) in [7, 11) is 0. The van der Waals surface area contributed by atoms with Gasteiger partial charge < -0.3 is 14.9 Å².